The standard InChI is InChI=1S/C22H22N4O2S/c1-28-20-9-5-4-8-19(20)24-10-12-25(13-11-24)21(27)14-16-15-29-22-23-17-6-2-3-7-18(17)26(16)22/h2-9,15H,10-14H2,1H3. The second-order valence-corrected chi connectivity index (χ2v) is 8.00. The summed E-state index contributed by atoms with van der Waals surface area (Å²) in [5.41, 5.74) is 4.13. The molecule has 1 aliphatic heterocycles. The van der Waals surface area contributed by atoms with E-state index in [9.17, 15) is 4.79 Å². The van der Waals surface area contributed by atoms with E-state index < -0.39 is 0 Å². The van der Waals surface area contributed by atoms with Crippen LogP contribution in [-0.2, 0) is 11.2 Å². The lowest BCUT2D eigenvalue weighted by Crippen LogP contribution is -2.49. The van der Waals surface area contributed by atoms with Crippen LogP contribution in [0.1, 0.15) is 5.69 Å². The van der Waals surface area contributed by atoms with E-state index in [1.807, 2.05) is 41.3 Å². The number of thiazole rings is 1. The number of hydrogen-bond donors (Lipinski definition) is 0. The fourth-order valence-electron chi connectivity index (χ4n) is 4.01. The van der Waals surface area contributed by atoms with Crippen LogP contribution < -0.4 is 9.64 Å². The van der Waals surface area contributed by atoms with Crippen molar-refractivity contribution >= 4 is 38.9 Å². The number of amides is 1. The van der Waals surface area contributed by atoms with E-state index in [-0.39, 0.29) is 5.91 Å². The predicted octanol–water partition coefficient (Wildman–Crippen LogP) is 3.45. The molecule has 0 bridgehead atoms. The van der Waals surface area contributed by atoms with Crippen LogP contribution in [0.2, 0.25) is 0 Å². The molecule has 6 nitrogen and oxygen atoms in total. The highest BCUT2D eigenvalue weighted by molar-refractivity contribution is 7.15. The van der Waals surface area contributed by atoms with Gasteiger partial charge in [-0.25, -0.2) is 4.98 Å². The molecule has 2 aromatic heterocycles. The molecule has 7 heteroatoms. The number of methoxy groups -OCH3 is 1. The first-order chi connectivity index (χ1) is 14.2. The van der Waals surface area contributed by atoms with Gasteiger partial charge in [0.15, 0.2) is 4.96 Å². The second kappa shape index (κ2) is 7.40. The zero-order valence-corrected chi connectivity index (χ0v) is 17.1. The molecule has 0 radical (unpaired) electrons. The van der Waals surface area contributed by atoms with Crippen molar-refractivity contribution in [2.45, 2.75) is 6.42 Å². The number of hydrogen-bond acceptors (Lipinski definition) is 5. The largest absolute Gasteiger partial charge is 0.495 e. The van der Waals surface area contributed by atoms with Gasteiger partial charge in [-0.1, -0.05) is 24.3 Å². The first-order valence-corrected chi connectivity index (χ1v) is 10.6. The number of aromatic nitrogens is 2. The van der Waals surface area contributed by atoms with Crippen molar-refractivity contribution in [3.8, 4) is 5.75 Å². The molecule has 1 amide bonds. The first kappa shape index (κ1) is 18.0. The highest BCUT2D eigenvalue weighted by Crippen LogP contribution is 2.29. The van der Waals surface area contributed by atoms with Gasteiger partial charge in [0.2, 0.25) is 5.91 Å². The molecule has 2 aromatic carbocycles. The van der Waals surface area contributed by atoms with E-state index in [2.05, 4.69) is 31.8 Å². The lowest BCUT2D eigenvalue weighted by atomic mass is 10.2. The number of benzene rings is 2. The zero-order valence-electron chi connectivity index (χ0n) is 16.2. The molecule has 0 aliphatic carbocycles. The fraction of sp³-hybridized carbons (Fsp3) is 0.273. The average Bonchev–Trinajstić information content (AvgIpc) is 3.33. The van der Waals surface area contributed by atoms with Crippen LogP contribution in [0.4, 0.5) is 5.69 Å². The maximum absolute atomic E-state index is 13.0. The SMILES string of the molecule is COc1ccccc1N1CCN(C(=O)Cc2csc3nc4ccccc4n23)CC1. The molecule has 1 saturated heterocycles. The molecule has 4 aromatic rings. The molecule has 0 atom stereocenters. The summed E-state index contributed by atoms with van der Waals surface area (Å²) in [6.45, 7) is 3.04. The number of rotatable bonds is 4. The highest BCUT2D eigenvalue weighted by Gasteiger charge is 2.24. The molecule has 1 fully saturated rings. The van der Waals surface area contributed by atoms with Crippen molar-refractivity contribution < 1.29 is 9.53 Å². The van der Waals surface area contributed by atoms with E-state index in [4.69, 9.17) is 4.74 Å². The molecular weight excluding hydrogens is 384 g/mol. The summed E-state index contributed by atoms with van der Waals surface area (Å²) in [5, 5.41) is 2.05. The van der Waals surface area contributed by atoms with Gasteiger partial charge in [-0.05, 0) is 24.3 Å². The number of para-hydroxylation sites is 4. The summed E-state index contributed by atoms with van der Waals surface area (Å²) in [5.74, 6) is 1.04. The third-order valence-electron chi connectivity index (χ3n) is 5.51. The third-order valence-corrected chi connectivity index (χ3v) is 6.38. The van der Waals surface area contributed by atoms with Gasteiger partial charge < -0.3 is 14.5 Å². The van der Waals surface area contributed by atoms with Crippen LogP contribution in [0.15, 0.2) is 53.9 Å². The molecule has 1 aliphatic rings. The minimum Gasteiger partial charge on any atom is -0.495 e. The molecule has 0 spiro atoms. The van der Waals surface area contributed by atoms with Crippen LogP contribution >= 0.6 is 11.3 Å². The van der Waals surface area contributed by atoms with Crippen molar-refractivity contribution in [1.29, 1.82) is 0 Å². The van der Waals surface area contributed by atoms with E-state index in [0.717, 1.165) is 59.3 Å². The van der Waals surface area contributed by atoms with Gasteiger partial charge in [0.1, 0.15) is 5.75 Å². The van der Waals surface area contributed by atoms with Gasteiger partial charge in [-0.3, -0.25) is 9.20 Å². The van der Waals surface area contributed by atoms with E-state index in [1.165, 1.54) is 0 Å². The number of fused-ring (bicyclic) bond motifs is 3. The first-order valence-electron chi connectivity index (χ1n) is 9.74. The van der Waals surface area contributed by atoms with Crippen LogP contribution in [0.5, 0.6) is 5.75 Å². The number of piperazine rings is 1. The summed E-state index contributed by atoms with van der Waals surface area (Å²) in [4.78, 5) is 22.8. The monoisotopic (exact) mass is 406 g/mol. The lowest BCUT2D eigenvalue weighted by Gasteiger charge is -2.36. The zero-order chi connectivity index (χ0) is 19.8. The molecular formula is C22H22N4O2S. The van der Waals surface area contributed by atoms with Crippen molar-refractivity contribution in [2.24, 2.45) is 0 Å². The Labute approximate surface area is 172 Å². The normalized spacial score (nSPS) is 14.7. The van der Waals surface area contributed by atoms with Crippen molar-refractivity contribution in [3.63, 3.8) is 0 Å². The Morgan fingerprint density at radius 1 is 1.07 bits per heavy atom. The maximum atomic E-state index is 13.0. The third kappa shape index (κ3) is 3.21. The minimum absolute atomic E-state index is 0.169. The van der Waals surface area contributed by atoms with Crippen molar-refractivity contribution in [3.05, 3.63) is 59.6 Å². The molecule has 3 heterocycles. The lowest BCUT2D eigenvalue weighted by molar-refractivity contribution is -0.130. The Hall–Kier alpha value is -3.06. The van der Waals surface area contributed by atoms with Gasteiger partial charge in [0, 0.05) is 37.3 Å². The van der Waals surface area contributed by atoms with Gasteiger partial charge >= 0.3 is 0 Å². The van der Waals surface area contributed by atoms with Crippen molar-refractivity contribution in [2.75, 3.05) is 38.2 Å². The second-order valence-electron chi connectivity index (χ2n) is 7.16. The summed E-state index contributed by atoms with van der Waals surface area (Å²) >= 11 is 1.59. The number of carbonyl (C=O) groups excluding carboxylic acids is 1. The van der Waals surface area contributed by atoms with Crippen LogP contribution in [-0.4, -0.2) is 53.5 Å². The van der Waals surface area contributed by atoms with Gasteiger partial charge in [-0.15, -0.1) is 11.3 Å². The Kier molecular flexibility index (Phi) is 4.60. The number of carbonyl (C=O) groups is 1. The molecule has 148 valence electrons. The van der Waals surface area contributed by atoms with E-state index in [0.29, 0.717) is 6.42 Å². The summed E-state index contributed by atoms with van der Waals surface area (Å²) in [7, 11) is 1.69. The van der Waals surface area contributed by atoms with Crippen molar-refractivity contribution in [1.82, 2.24) is 14.3 Å². The van der Waals surface area contributed by atoms with Gasteiger partial charge in [0.25, 0.3) is 0 Å². The highest BCUT2D eigenvalue weighted by atomic mass is 32.1. The van der Waals surface area contributed by atoms with E-state index >= 15 is 0 Å². The van der Waals surface area contributed by atoms with Crippen LogP contribution in [0.3, 0.4) is 0 Å². The Bertz CT molecular complexity index is 1170. The summed E-state index contributed by atoms with van der Waals surface area (Å²) in [6, 6.07) is 16.1. The Morgan fingerprint density at radius 2 is 1.83 bits per heavy atom. The van der Waals surface area contributed by atoms with Crippen LogP contribution in [0, 0.1) is 0 Å². The number of anilines is 1. The number of nitrogens with zero attached hydrogens (tertiary/aromatic N) is 4. The maximum Gasteiger partial charge on any atom is 0.228 e. The Balaban J connectivity index is 1.30. The van der Waals surface area contributed by atoms with Gasteiger partial charge in [-0.2, -0.15) is 0 Å². The average molecular weight is 407 g/mol. The quantitative estimate of drug-likeness (QED) is 0.521. The van der Waals surface area contributed by atoms with Gasteiger partial charge in [0.05, 0.1) is 30.3 Å². The van der Waals surface area contributed by atoms with E-state index in [1.54, 1.807) is 18.4 Å². The smallest absolute Gasteiger partial charge is 0.228 e. The molecule has 0 N–H and O–H groups in total. The minimum atomic E-state index is 0.169. The Morgan fingerprint density at radius 3 is 2.66 bits per heavy atom. The molecule has 0 saturated carbocycles. The fourth-order valence-corrected chi connectivity index (χ4v) is 4.91. The predicted molar refractivity (Wildman–Crippen MR) is 116 cm³/mol. The summed E-state index contributed by atoms with van der Waals surface area (Å²) in [6.07, 6.45) is 0.398. The molecule has 5 rings (SSSR count). The molecule has 0 unspecified atom stereocenters. The summed E-state index contributed by atoms with van der Waals surface area (Å²) < 4.78 is 7.60. The van der Waals surface area contributed by atoms with Crippen LogP contribution in [0.25, 0.3) is 16.0 Å². The number of imidazole rings is 1. The topological polar surface area (TPSA) is 50.1 Å². The number of ether oxygens (including phenoxy) is 1. The molecule has 29 heavy (non-hydrogen) atoms.